The number of likely N-dealkylation sites (tertiary alicyclic amines) is 1. The molecule has 3 fully saturated rings. The van der Waals surface area contributed by atoms with Crippen LogP contribution in [0, 0.1) is 11.3 Å². The van der Waals surface area contributed by atoms with Crippen LogP contribution in [0.4, 0.5) is 13.2 Å². The molecule has 0 N–H and O–H groups in total. The molecule has 2 heterocycles. The summed E-state index contributed by atoms with van der Waals surface area (Å²) in [6, 6.07) is 0. The second kappa shape index (κ2) is 3.40. The third-order valence-corrected chi connectivity index (χ3v) is 4.64. The van der Waals surface area contributed by atoms with Gasteiger partial charge in [0.25, 0.3) is 0 Å². The van der Waals surface area contributed by atoms with E-state index < -0.39 is 17.5 Å². The van der Waals surface area contributed by atoms with Crippen LogP contribution in [0.25, 0.3) is 0 Å². The second-order valence-corrected chi connectivity index (χ2v) is 5.98. The molecule has 3 nitrogen and oxygen atoms in total. The SMILES string of the molecule is CC1(C(=O)N2CCC3(CC2)CO3)CC1C(F)(F)F. The fourth-order valence-corrected chi connectivity index (χ4v) is 2.95. The van der Waals surface area contributed by atoms with Crippen LogP contribution in [0.1, 0.15) is 26.2 Å². The van der Waals surface area contributed by atoms with Crippen molar-refractivity contribution < 1.29 is 22.7 Å². The molecule has 1 amide bonds. The molecule has 3 aliphatic rings. The quantitative estimate of drug-likeness (QED) is 0.678. The number of ether oxygens (including phenoxy) is 1. The predicted octanol–water partition coefficient (Wildman–Crippen LogP) is 1.97. The minimum absolute atomic E-state index is 0.0509. The van der Waals surface area contributed by atoms with Crippen molar-refractivity contribution in [3.8, 4) is 0 Å². The molecule has 2 unspecified atom stereocenters. The summed E-state index contributed by atoms with van der Waals surface area (Å²) in [7, 11) is 0. The van der Waals surface area contributed by atoms with Crippen molar-refractivity contribution in [3.05, 3.63) is 0 Å². The van der Waals surface area contributed by atoms with Crippen molar-refractivity contribution in [2.24, 2.45) is 11.3 Å². The van der Waals surface area contributed by atoms with Gasteiger partial charge in [-0.3, -0.25) is 4.79 Å². The number of carbonyl (C=O) groups excluding carboxylic acids is 1. The molecule has 1 aliphatic carbocycles. The minimum Gasteiger partial charge on any atom is -0.369 e. The monoisotopic (exact) mass is 263 g/mol. The van der Waals surface area contributed by atoms with Crippen molar-refractivity contribution in [2.45, 2.75) is 38.0 Å². The molecule has 0 radical (unpaired) electrons. The highest BCUT2D eigenvalue weighted by atomic mass is 19.4. The lowest BCUT2D eigenvalue weighted by molar-refractivity contribution is -0.164. The van der Waals surface area contributed by atoms with Crippen LogP contribution in [0.3, 0.4) is 0 Å². The van der Waals surface area contributed by atoms with E-state index in [0.717, 1.165) is 19.4 Å². The number of amides is 1. The summed E-state index contributed by atoms with van der Waals surface area (Å²) in [5, 5.41) is 0. The Morgan fingerprint density at radius 2 is 1.89 bits per heavy atom. The van der Waals surface area contributed by atoms with E-state index in [9.17, 15) is 18.0 Å². The normalized spacial score (nSPS) is 37.8. The number of alkyl halides is 3. The van der Waals surface area contributed by atoms with Gasteiger partial charge in [-0.05, 0) is 19.3 Å². The molecule has 1 saturated carbocycles. The molecule has 0 aromatic rings. The van der Waals surface area contributed by atoms with Crippen LogP contribution in [-0.2, 0) is 9.53 Å². The first kappa shape index (κ1) is 12.3. The zero-order chi connectivity index (χ0) is 13.2. The first-order valence-electron chi connectivity index (χ1n) is 6.27. The smallest absolute Gasteiger partial charge is 0.369 e. The summed E-state index contributed by atoms with van der Waals surface area (Å²) in [6.45, 7) is 3.22. The van der Waals surface area contributed by atoms with E-state index in [1.54, 1.807) is 4.90 Å². The molecule has 2 saturated heterocycles. The van der Waals surface area contributed by atoms with Gasteiger partial charge in [-0.15, -0.1) is 0 Å². The molecule has 0 aromatic carbocycles. The second-order valence-electron chi connectivity index (χ2n) is 5.98. The molecule has 0 bridgehead atoms. The number of rotatable bonds is 1. The topological polar surface area (TPSA) is 32.8 Å². The van der Waals surface area contributed by atoms with Gasteiger partial charge in [0.05, 0.1) is 23.5 Å². The van der Waals surface area contributed by atoms with E-state index in [1.165, 1.54) is 6.92 Å². The van der Waals surface area contributed by atoms with E-state index in [4.69, 9.17) is 4.74 Å². The Bertz CT molecular complexity index is 381. The maximum Gasteiger partial charge on any atom is 0.392 e. The van der Waals surface area contributed by atoms with Crippen LogP contribution in [0.2, 0.25) is 0 Å². The fourth-order valence-electron chi connectivity index (χ4n) is 2.95. The Labute approximate surface area is 103 Å². The number of nitrogens with zero attached hydrogens (tertiary/aromatic N) is 1. The zero-order valence-electron chi connectivity index (χ0n) is 10.2. The molecule has 6 heteroatoms. The molecular weight excluding hydrogens is 247 g/mol. The predicted molar refractivity (Wildman–Crippen MR) is 56.8 cm³/mol. The van der Waals surface area contributed by atoms with Crippen molar-refractivity contribution in [3.63, 3.8) is 0 Å². The molecule has 102 valence electrons. The van der Waals surface area contributed by atoms with Crippen LogP contribution < -0.4 is 0 Å². The zero-order valence-corrected chi connectivity index (χ0v) is 10.2. The highest BCUT2D eigenvalue weighted by Crippen LogP contribution is 2.61. The Morgan fingerprint density at radius 3 is 2.28 bits per heavy atom. The fraction of sp³-hybridized carbons (Fsp3) is 0.917. The third-order valence-electron chi connectivity index (χ3n) is 4.64. The van der Waals surface area contributed by atoms with Gasteiger partial charge in [-0.25, -0.2) is 0 Å². The molecule has 2 atom stereocenters. The average Bonchev–Trinajstić information content (AvgIpc) is 3.17. The van der Waals surface area contributed by atoms with Gasteiger partial charge in [0.2, 0.25) is 5.91 Å². The largest absolute Gasteiger partial charge is 0.392 e. The lowest BCUT2D eigenvalue weighted by Gasteiger charge is -2.32. The third kappa shape index (κ3) is 1.81. The number of carbonyl (C=O) groups is 1. The number of piperidine rings is 1. The van der Waals surface area contributed by atoms with Crippen LogP contribution >= 0.6 is 0 Å². The number of hydrogen-bond donors (Lipinski definition) is 0. The lowest BCUT2D eigenvalue weighted by Crippen LogP contribution is -2.45. The number of epoxide rings is 1. The van der Waals surface area contributed by atoms with E-state index in [0.29, 0.717) is 13.1 Å². The Balaban J connectivity index is 1.62. The van der Waals surface area contributed by atoms with Crippen LogP contribution in [-0.4, -0.2) is 42.3 Å². The lowest BCUT2D eigenvalue weighted by atomic mass is 9.95. The minimum atomic E-state index is -4.25. The molecule has 18 heavy (non-hydrogen) atoms. The Morgan fingerprint density at radius 1 is 1.33 bits per heavy atom. The molecule has 3 rings (SSSR count). The summed E-state index contributed by atoms with van der Waals surface area (Å²) >= 11 is 0. The number of hydrogen-bond acceptors (Lipinski definition) is 2. The highest BCUT2D eigenvalue weighted by Gasteiger charge is 2.68. The van der Waals surface area contributed by atoms with Gasteiger partial charge >= 0.3 is 6.18 Å². The van der Waals surface area contributed by atoms with Gasteiger partial charge in [0, 0.05) is 13.1 Å². The summed E-state index contributed by atoms with van der Waals surface area (Å²) < 4.78 is 43.1. The van der Waals surface area contributed by atoms with Gasteiger partial charge in [-0.2, -0.15) is 13.2 Å². The van der Waals surface area contributed by atoms with Crippen molar-refractivity contribution in [1.29, 1.82) is 0 Å². The van der Waals surface area contributed by atoms with Gasteiger partial charge in [0.1, 0.15) is 0 Å². The number of halogens is 3. The van der Waals surface area contributed by atoms with Crippen molar-refractivity contribution >= 4 is 5.91 Å². The first-order valence-corrected chi connectivity index (χ1v) is 6.27. The summed E-state index contributed by atoms with van der Waals surface area (Å²) in [6.07, 6.45) is -2.80. The van der Waals surface area contributed by atoms with E-state index in [1.807, 2.05) is 0 Å². The van der Waals surface area contributed by atoms with Crippen molar-refractivity contribution in [2.75, 3.05) is 19.7 Å². The van der Waals surface area contributed by atoms with Crippen LogP contribution in [0.5, 0.6) is 0 Å². The standard InChI is InChI=1S/C12H16F3NO2/c1-10(6-8(10)12(13,14)15)9(17)16-4-2-11(3-5-16)7-18-11/h8H,2-7H2,1H3. The Hall–Kier alpha value is -0.780. The van der Waals surface area contributed by atoms with Crippen molar-refractivity contribution in [1.82, 2.24) is 4.90 Å². The first-order chi connectivity index (χ1) is 8.27. The summed E-state index contributed by atoms with van der Waals surface area (Å²) in [5.74, 6) is -1.79. The Kier molecular flexibility index (Phi) is 2.32. The van der Waals surface area contributed by atoms with E-state index >= 15 is 0 Å². The average molecular weight is 263 g/mol. The van der Waals surface area contributed by atoms with Gasteiger partial charge in [0.15, 0.2) is 0 Å². The van der Waals surface area contributed by atoms with E-state index in [-0.39, 0.29) is 17.9 Å². The maximum atomic E-state index is 12.6. The maximum absolute atomic E-state index is 12.6. The van der Waals surface area contributed by atoms with Gasteiger partial charge < -0.3 is 9.64 Å². The summed E-state index contributed by atoms with van der Waals surface area (Å²) in [5.41, 5.74) is -1.27. The summed E-state index contributed by atoms with van der Waals surface area (Å²) in [4.78, 5) is 13.7. The molecular formula is C12H16F3NO2. The molecule has 0 aromatic heterocycles. The highest BCUT2D eigenvalue weighted by molar-refractivity contribution is 5.86. The van der Waals surface area contributed by atoms with Crippen LogP contribution in [0.15, 0.2) is 0 Å². The van der Waals surface area contributed by atoms with Gasteiger partial charge in [-0.1, -0.05) is 6.92 Å². The molecule has 2 aliphatic heterocycles. The molecule has 1 spiro atoms. The van der Waals surface area contributed by atoms with E-state index in [2.05, 4.69) is 0 Å².